The minimum atomic E-state index is -1.80. The lowest BCUT2D eigenvalue weighted by Crippen LogP contribution is -2.44. The summed E-state index contributed by atoms with van der Waals surface area (Å²) in [4.78, 5) is 2.19. The van der Waals surface area contributed by atoms with Crippen LogP contribution in [-0.2, 0) is 11.2 Å². The molecule has 4 unspecified atom stereocenters. The van der Waals surface area contributed by atoms with Gasteiger partial charge in [0, 0.05) is 6.54 Å². The van der Waals surface area contributed by atoms with Crippen LogP contribution in [0.2, 0.25) is 18.1 Å². The Labute approximate surface area is 210 Å². The van der Waals surface area contributed by atoms with Gasteiger partial charge in [0.05, 0.1) is 13.2 Å². The number of hydrogen-bond acceptors (Lipinski definition) is 3. The number of aryl methyl sites for hydroxylation is 1. The summed E-state index contributed by atoms with van der Waals surface area (Å²) >= 11 is 0. The van der Waals surface area contributed by atoms with Crippen molar-refractivity contribution in [2.24, 2.45) is 17.3 Å². The van der Waals surface area contributed by atoms with Crippen LogP contribution in [0, 0.1) is 17.3 Å². The van der Waals surface area contributed by atoms with Gasteiger partial charge in [-0.15, -0.1) is 0 Å². The highest BCUT2D eigenvalue weighted by Crippen LogP contribution is 2.62. The summed E-state index contributed by atoms with van der Waals surface area (Å²) in [5.41, 5.74) is 5.26. The number of nitrogens with zero attached hydrogens (tertiary/aromatic N) is 1. The number of likely N-dealkylation sites (N-methyl/N-ethyl adjacent to an activating group) is 1. The van der Waals surface area contributed by atoms with Crippen molar-refractivity contribution in [3.05, 3.63) is 41.0 Å². The van der Waals surface area contributed by atoms with E-state index in [2.05, 4.69) is 84.1 Å². The molecule has 0 aliphatic heterocycles. The van der Waals surface area contributed by atoms with Crippen LogP contribution >= 0.6 is 0 Å². The maximum atomic E-state index is 6.65. The fourth-order valence-electron chi connectivity index (χ4n) is 6.74. The van der Waals surface area contributed by atoms with Crippen molar-refractivity contribution >= 4 is 8.32 Å². The second-order valence-electron chi connectivity index (χ2n) is 13.2. The van der Waals surface area contributed by atoms with E-state index in [1.54, 1.807) is 16.7 Å². The number of benzene rings is 1. The van der Waals surface area contributed by atoms with Gasteiger partial charge in [-0.2, -0.15) is 0 Å². The molecule has 0 spiro atoms. The number of ether oxygens (including phenoxy) is 1. The molecule has 4 rings (SSSR count). The van der Waals surface area contributed by atoms with Crippen molar-refractivity contribution < 1.29 is 9.16 Å². The molecular formula is C30H49NO2Si. The maximum Gasteiger partial charge on any atom is 0.250 e. The molecule has 2 saturated carbocycles. The fraction of sp³-hybridized carbons (Fsp3) is 0.733. The predicted molar refractivity (Wildman–Crippen MR) is 146 cm³/mol. The summed E-state index contributed by atoms with van der Waals surface area (Å²) in [5.74, 6) is 3.50. The van der Waals surface area contributed by atoms with Crippen LogP contribution in [0.1, 0.15) is 76.8 Å². The van der Waals surface area contributed by atoms with Crippen LogP contribution < -0.4 is 4.43 Å². The van der Waals surface area contributed by atoms with Crippen LogP contribution in [0.3, 0.4) is 0 Å². The van der Waals surface area contributed by atoms with Gasteiger partial charge in [0.1, 0.15) is 5.75 Å². The SMILES string of the molecule is CN(C)CCOC/C=C1/CCC2C3CCc4cc(O[Si](C)(C)C(C)(C)C)ccc4C3CCC12C. The van der Waals surface area contributed by atoms with Gasteiger partial charge < -0.3 is 14.1 Å². The summed E-state index contributed by atoms with van der Waals surface area (Å²) in [6, 6.07) is 7.10. The minimum Gasteiger partial charge on any atom is -0.543 e. The van der Waals surface area contributed by atoms with Crippen molar-refractivity contribution in [2.45, 2.75) is 90.3 Å². The van der Waals surface area contributed by atoms with Crippen LogP contribution in [0.25, 0.3) is 0 Å². The molecule has 0 aromatic heterocycles. The van der Waals surface area contributed by atoms with E-state index in [-0.39, 0.29) is 5.04 Å². The third-order valence-electron chi connectivity index (χ3n) is 9.86. The molecule has 1 aromatic rings. The molecular weight excluding hydrogens is 434 g/mol. The summed E-state index contributed by atoms with van der Waals surface area (Å²) in [5, 5.41) is 0.229. The number of hydrogen-bond donors (Lipinski definition) is 0. The Balaban J connectivity index is 1.45. The Bertz CT molecular complexity index is 900. The first-order valence-corrected chi connectivity index (χ1v) is 16.6. The maximum absolute atomic E-state index is 6.65. The number of fused-ring (bicyclic) bond motifs is 5. The molecule has 0 bridgehead atoms. The Hall–Kier alpha value is -1.10. The third kappa shape index (κ3) is 5.06. The fourth-order valence-corrected chi connectivity index (χ4v) is 7.77. The highest BCUT2D eigenvalue weighted by Gasteiger charge is 2.52. The summed E-state index contributed by atoms with van der Waals surface area (Å²) < 4.78 is 12.6. The monoisotopic (exact) mass is 483 g/mol. The molecule has 0 amide bonds. The number of allylic oxidation sites excluding steroid dienone is 1. The number of rotatable bonds is 7. The average molecular weight is 484 g/mol. The second kappa shape index (κ2) is 9.75. The van der Waals surface area contributed by atoms with Crippen LogP contribution in [0.5, 0.6) is 5.75 Å². The van der Waals surface area contributed by atoms with Gasteiger partial charge >= 0.3 is 0 Å². The van der Waals surface area contributed by atoms with E-state index in [9.17, 15) is 0 Å². The van der Waals surface area contributed by atoms with Crippen molar-refractivity contribution in [3.63, 3.8) is 0 Å². The largest absolute Gasteiger partial charge is 0.543 e. The zero-order chi connectivity index (χ0) is 24.7. The van der Waals surface area contributed by atoms with E-state index in [0.717, 1.165) is 43.3 Å². The smallest absolute Gasteiger partial charge is 0.250 e. The molecule has 4 heteroatoms. The Kier molecular flexibility index (Phi) is 7.44. The van der Waals surface area contributed by atoms with Crippen LogP contribution in [-0.4, -0.2) is 47.1 Å². The molecule has 2 fully saturated rings. The van der Waals surface area contributed by atoms with Gasteiger partial charge in [-0.05, 0) is 117 Å². The highest BCUT2D eigenvalue weighted by atomic mass is 28.4. The minimum absolute atomic E-state index is 0.229. The molecule has 190 valence electrons. The molecule has 0 radical (unpaired) electrons. The van der Waals surface area contributed by atoms with E-state index in [1.807, 2.05) is 0 Å². The Morgan fingerprint density at radius 2 is 1.88 bits per heavy atom. The van der Waals surface area contributed by atoms with Gasteiger partial charge in [0.2, 0.25) is 8.32 Å². The first-order chi connectivity index (χ1) is 15.9. The molecule has 3 aliphatic carbocycles. The van der Waals surface area contributed by atoms with Gasteiger partial charge in [0.25, 0.3) is 0 Å². The quantitative estimate of drug-likeness (QED) is 0.229. The summed E-state index contributed by atoms with van der Waals surface area (Å²) in [6.07, 6.45) is 10.3. The Morgan fingerprint density at radius 3 is 2.59 bits per heavy atom. The third-order valence-corrected chi connectivity index (χ3v) is 14.2. The van der Waals surface area contributed by atoms with Crippen molar-refractivity contribution in [3.8, 4) is 5.75 Å². The van der Waals surface area contributed by atoms with Gasteiger partial charge in [-0.1, -0.05) is 45.4 Å². The topological polar surface area (TPSA) is 21.7 Å². The zero-order valence-electron chi connectivity index (χ0n) is 23.2. The predicted octanol–water partition coefficient (Wildman–Crippen LogP) is 7.43. The molecule has 3 nitrogen and oxygen atoms in total. The second-order valence-corrected chi connectivity index (χ2v) is 18.0. The van der Waals surface area contributed by atoms with E-state index in [0.29, 0.717) is 5.41 Å². The van der Waals surface area contributed by atoms with Gasteiger partial charge in [-0.3, -0.25) is 0 Å². The van der Waals surface area contributed by atoms with Crippen LogP contribution in [0.4, 0.5) is 0 Å². The molecule has 34 heavy (non-hydrogen) atoms. The summed E-state index contributed by atoms with van der Waals surface area (Å²) in [7, 11) is 2.41. The zero-order valence-corrected chi connectivity index (χ0v) is 24.2. The normalized spacial score (nSPS) is 30.3. The highest BCUT2D eigenvalue weighted by molar-refractivity contribution is 6.74. The van der Waals surface area contributed by atoms with Gasteiger partial charge in [-0.25, -0.2) is 0 Å². The Morgan fingerprint density at radius 1 is 1.12 bits per heavy atom. The van der Waals surface area contributed by atoms with Crippen molar-refractivity contribution in [2.75, 3.05) is 33.9 Å². The van der Waals surface area contributed by atoms with Crippen molar-refractivity contribution in [1.29, 1.82) is 0 Å². The molecule has 0 heterocycles. The molecule has 3 aliphatic rings. The molecule has 1 aromatic carbocycles. The first kappa shape index (κ1) is 26.0. The van der Waals surface area contributed by atoms with E-state index in [4.69, 9.17) is 9.16 Å². The summed E-state index contributed by atoms with van der Waals surface area (Å²) in [6.45, 7) is 16.8. The van der Waals surface area contributed by atoms with E-state index in [1.165, 1.54) is 38.5 Å². The lowest BCUT2D eigenvalue weighted by molar-refractivity contribution is 0.0801. The van der Waals surface area contributed by atoms with E-state index < -0.39 is 8.32 Å². The van der Waals surface area contributed by atoms with Gasteiger partial charge in [0.15, 0.2) is 0 Å². The molecule has 4 atom stereocenters. The average Bonchev–Trinajstić information content (AvgIpc) is 3.08. The standard InChI is InChI=1S/C30H49NO2Si/c1-29(2,3)34(7,8)33-24-11-13-25-22(21-24)9-12-27-26(25)15-17-30(4)23(10-14-28(27)30)16-19-32-20-18-31(5)6/h11,13,16,21,26-28H,9-10,12,14-15,17-20H2,1-8H3/b23-16-. The molecule has 0 N–H and O–H groups in total. The van der Waals surface area contributed by atoms with E-state index >= 15 is 0 Å². The van der Waals surface area contributed by atoms with Crippen molar-refractivity contribution in [1.82, 2.24) is 4.90 Å². The lowest BCUT2D eigenvalue weighted by Gasteiger charge is -2.49. The van der Waals surface area contributed by atoms with Crippen LogP contribution in [0.15, 0.2) is 29.8 Å². The first-order valence-electron chi connectivity index (χ1n) is 13.7. The molecule has 0 saturated heterocycles. The lowest BCUT2D eigenvalue weighted by atomic mass is 9.55.